The molecule has 112 valence electrons. The summed E-state index contributed by atoms with van der Waals surface area (Å²) in [6, 6.07) is 0. The summed E-state index contributed by atoms with van der Waals surface area (Å²) in [6.07, 6.45) is 27.0. The molecule has 0 unspecified atom stereocenters. The molecule has 0 aliphatic rings. The summed E-state index contributed by atoms with van der Waals surface area (Å²) >= 11 is 0. The van der Waals surface area contributed by atoms with E-state index in [1.54, 1.807) is 0 Å². The van der Waals surface area contributed by atoms with E-state index in [-0.39, 0.29) is 0 Å². The van der Waals surface area contributed by atoms with Crippen LogP contribution in [0.4, 0.5) is 0 Å². The van der Waals surface area contributed by atoms with Gasteiger partial charge in [-0.1, -0.05) is 70.3 Å². The van der Waals surface area contributed by atoms with E-state index in [1.165, 1.54) is 83.5 Å². The van der Waals surface area contributed by atoms with Gasteiger partial charge < -0.3 is 0 Å². The number of rotatable bonds is 14. The molecule has 0 aliphatic heterocycles. The van der Waals surface area contributed by atoms with Gasteiger partial charge in [0, 0.05) is 0 Å². The van der Waals surface area contributed by atoms with Crippen LogP contribution in [0.5, 0.6) is 0 Å². The van der Waals surface area contributed by atoms with Crippen molar-refractivity contribution in [1.29, 1.82) is 0 Å². The normalized spacial score (nSPS) is 11.9. The average Bonchev–Trinajstić information content (AvgIpc) is 2.43. The summed E-state index contributed by atoms with van der Waals surface area (Å²) < 4.78 is 0. The molecule has 0 aromatic heterocycles. The Morgan fingerprint density at radius 3 is 1.05 bits per heavy atom. The summed E-state index contributed by atoms with van der Waals surface area (Å²) in [5.74, 6) is 0. The van der Waals surface area contributed by atoms with Gasteiger partial charge in [0.15, 0.2) is 0 Å². The Labute approximate surface area is 122 Å². The molecule has 0 nitrogen and oxygen atoms in total. The maximum atomic E-state index is 2.39. The molecule has 0 heteroatoms. The SMILES string of the molecule is CCCCC/C=C/CCCCC/C=C/CCCCC. The molecule has 0 aromatic carbocycles. The van der Waals surface area contributed by atoms with Gasteiger partial charge in [-0.15, -0.1) is 0 Å². The van der Waals surface area contributed by atoms with Crippen LogP contribution in [0.1, 0.15) is 97.3 Å². The zero-order valence-electron chi connectivity index (χ0n) is 13.5. The quantitative estimate of drug-likeness (QED) is 0.230. The van der Waals surface area contributed by atoms with Gasteiger partial charge >= 0.3 is 0 Å². The summed E-state index contributed by atoms with van der Waals surface area (Å²) in [7, 11) is 0. The van der Waals surface area contributed by atoms with Crippen LogP contribution in [0.15, 0.2) is 24.3 Å². The van der Waals surface area contributed by atoms with Crippen molar-refractivity contribution in [3.8, 4) is 0 Å². The van der Waals surface area contributed by atoms with Crippen molar-refractivity contribution >= 4 is 0 Å². The third-order valence-corrected chi connectivity index (χ3v) is 3.52. The van der Waals surface area contributed by atoms with Gasteiger partial charge in [-0.3, -0.25) is 0 Å². The molecule has 0 radical (unpaired) electrons. The lowest BCUT2D eigenvalue weighted by molar-refractivity contribution is 0.689. The highest BCUT2D eigenvalue weighted by atomic mass is 13.9. The van der Waals surface area contributed by atoms with E-state index < -0.39 is 0 Å². The van der Waals surface area contributed by atoms with E-state index in [9.17, 15) is 0 Å². The second kappa shape index (κ2) is 17.5. The first-order valence-corrected chi connectivity index (χ1v) is 8.71. The van der Waals surface area contributed by atoms with Gasteiger partial charge in [0.1, 0.15) is 0 Å². The summed E-state index contributed by atoms with van der Waals surface area (Å²) in [5.41, 5.74) is 0. The lowest BCUT2D eigenvalue weighted by Gasteiger charge is -1.96. The molecule has 0 spiro atoms. The monoisotopic (exact) mass is 264 g/mol. The van der Waals surface area contributed by atoms with Crippen LogP contribution in [0.2, 0.25) is 0 Å². The molecule has 0 bridgehead atoms. The molecule has 0 N–H and O–H groups in total. The Kier molecular flexibility index (Phi) is 17.0. The summed E-state index contributed by atoms with van der Waals surface area (Å²) in [5, 5.41) is 0. The fraction of sp³-hybridized carbons (Fsp3) is 0.789. The van der Waals surface area contributed by atoms with E-state index in [0.29, 0.717) is 0 Å². The van der Waals surface area contributed by atoms with Crippen LogP contribution in [0, 0.1) is 0 Å². The van der Waals surface area contributed by atoms with E-state index in [1.807, 2.05) is 0 Å². The highest BCUT2D eigenvalue weighted by Crippen LogP contribution is 2.07. The van der Waals surface area contributed by atoms with Crippen molar-refractivity contribution in [2.24, 2.45) is 0 Å². The molecule has 0 aromatic rings. The molecule has 0 aliphatic carbocycles. The fourth-order valence-corrected chi connectivity index (χ4v) is 2.20. The van der Waals surface area contributed by atoms with Crippen molar-refractivity contribution in [3.63, 3.8) is 0 Å². The molecular formula is C19H36. The van der Waals surface area contributed by atoms with Crippen LogP contribution in [-0.2, 0) is 0 Å². The van der Waals surface area contributed by atoms with Gasteiger partial charge in [0.2, 0.25) is 0 Å². The van der Waals surface area contributed by atoms with Crippen LogP contribution in [-0.4, -0.2) is 0 Å². The topological polar surface area (TPSA) is 0 Å². The van der Waals surface area contributed by atoms with Crippen molar-refractivity contribution in [2.45, 2.75) is 97.3 Å². The summed E-state index contributed by atoms with van der Waals surface area (Å²) in [4.78, 5) is 0. The number of hydrogen-bond donors (Lipinski definition) is 0. The molecule has 0 saturated heterocycles. The number of hydrogen-bond acceptors (Lipinski definition) is 0. The Hall–Kier alpha value is -0.520. The van der Waals surface area contributed by atoms with Gasteiger partial charge in [-0.05, 0) is 51.4 Å². The third-order valence-electron chi connectivity index (χ3n) is 3.52. The lowest BCUT2D eigenvalue weighted by Crippen LogP contribution is -1.76. The van der Waals surface area contributed by atoms with E-state index in [0.717, 1.165) is 0 Å². The Balaban J connectivity index is 3.09. The van der Waals surface area contributed by atoms with Crippen LogP contribution in [0.25, 0.3) is 0 Å². The highest BCUT2D eigenvalue weighted by molar-refractivity contribution is 4.83. The summed E-state index contributed by atoms with van der Waals surface area (Å²) in [6.45, 7) is 4.53. The van der Waals surface area contributed by atoms with Crippen molar-refractivity contribution in [3.05, 3.63) is 24.3 Å². The maximum Gasteiger partial charge on any atom is -0.0351 e. The van der Waals surface area contributed by atoms with Crippen molar-refractivity contribution < 1.29 is 0 Å². The predicted octanol–water partition coefficient (Wildman–Crippen LogP) is 7.21. The largest absolute Gasteiger partial charge is 0.0885 e. The van der Waals surface area contributed by atoms with Gasteiger partial charge in [0.05, 0.1) is 0 Å². The zero-order chi connectivity index (χ0) is 14.0. The highest BCUT2D eigenvalue weighted by Gasteiger charge is 1.87. The molecule has 0 fully saturated rings. The fourth-order valence-electron chi connectivity index (χ4n) is 2.20. The molecule has 0 rings (SSSR count). The lowest BCUT2D eigenvalue weighted by atomic mass is 10.1. The first-order valence-electron chi connectivity index (χ1n) is 8.71. The van der Waals surface area contributed by atoms with Crippen LogP contribution < -0.4 is 0 Å². The first-order chi connectivity index (χ1) is 9.41. The van der Waals surface area contributed by atoms with Crippen molar-refractivity contribution in [1.82, 2.24) is 0 Å². The minimum Gasteiger partial charge on any atom is -0.0885 e. The second-order valence-electron chi connectivity index (χ2n) is 5.57. The Morgan fingerprint density at radius 2 is 0.737 bits per heavy atom. The second-order valence-corrected chi connectivity index (χ2v) is 5.57. The number of unbranched alkanes of at least 4 members (excludes halogenated alkanes) is 10. The molecule has 0 amide bonds. The smallest absolute Gasteiger partial charge is 0.0351 e. The molecule has 0 heterocycles. The maximum absolute atomic E-state index is 2.39. The Bertz CT molecular complexity index is 178. The first kappa shape index (κ1) is 18.5. The van der Waals surface area contributed by atoms with E-state index in [2.05, 4.69) is 38.2 Å². The van der Waals surface area contributed by atoms with Crippen LogP contribution >= 0.6 is 0 Å². The predicted molar refractivity (Wildman–Crippen MR) is 89.6 cm³/mol. The van der Waals surface area contributed by atoms with E-state index >= 15 is 0 Å². The van der Waals surface area contributed by atoms with Gasteiger partial charge in [-0.25, -0.2) is 0 Å². The molecule has 0 saturated carbocycles. The molecule has 19 heavy (non-hydrogen) atoms. The molecular weight excluding hydrogens is 228 g/mol. The van der Waals surface area contributed by atoms with Gasteiger partial charge in [0.25, 0.3) is 0 Å². The zero-order valence-corrected chi connectivity index (χ0v) is 13.5. The van der Waals surface area contributed by atoms with E-state index in [4.69, 9.17) is 0 Å². The molecule has 0 atom stereocenters. The standard InChI is InChI=1S/C19H36/c1-3-5-7-9-11-13-15-17-19-18-16-14-12-10-8-6-4-2/h11-14H,3-10,15-19H2,1-2H3/b13-11+,14-12+. The third kappa shape index (κ3) is 17.5. The van der Waals surface area contributed by atoms with Crippen LogP contribution in [0.3, 0.4) is 0 Å². The Morgan fingerprint density at radius 1 is 0.421 bits per heavy atom. The number of allylic oxidation sites excluding steroid dienone is 4. The minimum absolute atomic E-state index is 1.28. The van der Waals surface area contributed by atoms with Crippen molar-refractivity contribution in [2.75, 3.05) is 0 Å². The van der Waals surface area contributed by atoms with Gasteiger partial charge in [-0.2, -0.15) is 0 Å². The average molecular weight is 264 g/mol. The minimum atomic E-state index is 1.28.